The first-order valence-corrected chi connectivity index (χ1v) is 5.07. The molecule has 1 saturated carbocycles. The minimum atomic E-state index is -0.752. The lowest BCUT2D eigenvalue weighted by molar-refractivity contribution is -0.0348. The maximum atomic E-state index is 10.4. The summed E-state index contributed by atoms with van der Waals surface area (Å²) in [6.07, 6.45) is 4.68. The summed E-state index contributed by atoms with van der Waals surface area (Å²) in [5.74, 6) is 0. The van der Waals surface area contributed by atoms with Crippen LogP contribution in [-0.4, -0.2) is 23.8 Å². The van der Waals surface area contributed by atoms with Crippen LogP contribution in [0.4, 0.5) is 0 Å². The SMILES string of the molecule is N#CC1(C2(O)CCNC2)CCCC1. The molecule has 1 heterocycles. The molecule has 3 heteroatoms. The van der Waals surface area contributed by atoms with Gasteiger partial charge in [0.05, 0.1) is 17.1 Å². The van der Waals surface area contributed by atoms with Crippen molar-refractivity contribution in [3.63, 3.8) is 0 Å². The van der Waals surface area contributed by atoms with E-state index >= 15 is 0 Å². The van der Waals surface area contributed by atoms with Gasteiger partial charge in [-0.15, -0.1) is 0 Å². The van der Waals surface area contributed by atoms with Crippen molar-refractivity contribution >= 4 is 0 Å². The number of hydrogen-bond acceptors (Lipinski definition) is 3. The van der Waals surface area contributed by atoms with Gasteiger partial charge in [0.1, 0.15) is 0 Å². The van der Waals surface area contributed by atoms with Crippen LogP contribution in [0.1, 0.15) is 32.1 Å². The summed E-state index contributed by atoms with van der Waals surface area (Å²) in [7, 11) is 0. The van der Waals surface area contributed by atoms with Crippen LogP contribution in [0.15, 0.2) is 0 Å². The van der Waals surface area contributed by atoms with Crippen LogP contribution < -0.4 is 5.32 Å². The van der Waals surface area contributed by atoms with E-state index in [0.29, 0.717) is 6.54 Å². The molecule has 2 N–H and O–H groups in total. The monoisotopic (exact) mass is 180 g/mol. The van der Waals surface area contributed by atoms with E-state index in [1.165, 1.54) is 0 Å². The van der Waals surface area contributed by atoms with Crippen LogP contribution in [0.2, 0.25) is 0 Å². The second kappa shape index (κ2) is 2.97. The van der Waals surface area contributed by atoms with E-state index in [1.807, 2.05) is 0 Å². The summed E-state index contributed by atoms with van der Waals surface area (Å²) >= 11 is 0. The number of nitrogens with one attached hydrogen (secondary N) is 1. The number of nitriles is 1. The van der Waals surface area contributed by atoms with Crippen molar-refractivity contribution in [2.24, 2.45) is 5.41 Å². The Morgan fingerprint density at radius 1 is 1.23 bits per heavy atom. The third-order valence-corrected chi connectivity index (χ3v) is 3.69. The molecule has 13 heavy (non-hydrogen) atoms. The van der Waals surface area contributed by atoms with Crippen LogP contribution in [0.5, 0.6) is 0 Å². The predicted octanol–water partition coefficient (Wildman–Crippen LogP) is 0.795. The average molecular weight is 180 g/mol. The van der Waals surface area contributed by atoms with Crippen molar-refractivity contribution in [3.8, 4) is 6.07 Å². The molecule has 1 saturated heterocycles. The molecule has 3 nitrogen and oxygen atoms in total. The predicted molar refractivity (Wildman–Crippen MR) is 49.0 cm³/mol. The van der Waals surface area contributed by atoms with Crippen LogP contribution in [-0.2, 0) is 0 Å². The molecule has 0 aromatic heterocycles. The number of β-amino-alcohol motifs (C(OH)–C–C–N with tert-alkyl or cyclic N) is 1. The third-order valence-electron chi connectivity index (χ3n) is 3.69. The summed E-state index contributed by atoms with van der Waals surface area (Å²) in [5, 5.41) is 22.7. The Kier molecular flexibility index (Phi) is 2.05. The molecule has 0 radical (unpaired) electrons. The first-order valence-electron chi connectivity index (χ1n) is 5.07. The average Bonchev–Trinajstić information content (AvgIpc) is 2.73. The third kappa shape index (κ3) is 1.17. The summed E-state index contributed by atoms with van der Waals surface area (Å²) in [5.41, 5.74) is -1.20. The maximum absolute atomic E-state index is 10.4. The number of nitrogens with zero attached hydrogens (tertiary/aromatic N) is 1. The molecule has 2 fully saturated rings. The van der Waals surface area contributed by atoms with Crippen molar-refractivity contribution in [1.82, 2.24) is 5.32 Å². The summed E-state index contributed by atoms with van der Waals surface area (Å²) in [6.45, 7) is 1.44. The Bertz CT molecular complexity index is 232. The Morgan fingerprint density at radius 3 is 2.38 bits per heavy atom. The minimum Gasteiger partial charge on any atom is -0.387 e. The summed E-state index contributed by atoms with van der Waals surface area (Å²) in [4.78, 5) is 0. The second-order valence-corrected chi connectivity index (χ2v) is 4.36. The standard InChI is InChI=1S/C10H16N2O/c11-7-9(3-1-2-4-9)10(13)5-6-12-8-10/h12-13H,1-6,8H2. The number of hydrogen-bond donors (Lipinski definition) is 2. The molecule has 1 aliphatic heterocycles. The summed E-state index contributed by atoms with van der Waals surface area (Å²) in [6, 6.07) is 2.37. The van der Waals surface area contributed by atoms with Crippen LogP contribution in [0, 0.1) is 16.7 Å². The van der Waals surface area contributed by atoms with Gasteiger partial charge in [-0.05, 0) is 25.8 Å². The van der Waals surface area contributed by atoms with E-state index in [9.17, 15) is 10.4 Å². The maximum Gasteiger partial charge on any atom is 0.0968 e. The van der Waals surface area contributed by atoms with Gasteiger partial charge in [-0.1, -0.05) is 12.8 Å². The van der Waals surface area contributed by atoms with Gasteiger partial charge in [-0.3, -0.25) is 0 Å². The van der Waals surface area contributed by atoms with Crippen molar-refractivity contribution in [3.05, 3.63) is 0 Å². The van der Waals surface area contributed by atoms with E-state index in [2.05, 4.69) is 11.4 Å². The number of aliphatic hydroxyl groups is 1. The van der Waals surface area contributed by atoms with Gasteiger partial charge < -0.3 is 10.4 Å². The van der Waals surface area contributed by atoms with Gasteiger partial charge in [-0.2, -0.15) is 5.26 Å². The molecular weight excluding hydrogens is 164 g/mol. The molecule has 0 amide bonds. The fourth-order valence-electron chi connectivity index (χ4n) is 2.75. The molecule has 2 aliphatic rings. The quantitative estimate of drug-likeness (QED) is 0.627. The summed E-state index contributed by atoms with van der Waals surface area (Å²) < 4.78 is 0. The highest BCUT2D eigenvalue weighted by atomic mass is 16.3. The first-order chi connectivity index (χ1) is 6.22. The van der Waals surface area contributed by atoms with Gasteiger partial charge in [0.2, 0.25) is 0 Å². The van der Waals surface area contributed by atoms with Gasteiger partial charge in [0, 0.05) is 6.54 Å². The highest BCUT2D eigenvalue weighted by Gasteiger charge is 2.53. The van der Waals surface area contributed by atoms with Crippen LogP contribution >= 0.6 is 0 Å². The fraction of sp³-hybridized carbons (Fsp3) is 0.900. The van der Waals surface area contributed by atoms with Gasteiger partial charge in [0.25, 0.3) is 0 Å². The van der Waals surface area contributed by atoms with Crippen molar-refractivity contribution in [2.75, 3.05) is 13.1 Å². The highest BCUT2D eigenvalue weighted by Crippen LogP contribution is 2.48. The highest BCUT2D eigenvalue weighted by molar-refractivity contribution is 5.16. The molecule has 1 atom stereocenters. The zero-order valence-corrected chi connectivity index (χ0v) is 7.84. The normalized spacial score (nSPS) is 37.5. The van der Waals surface area contributed by atoms with Gasteiger partial charge >= 0.3 is 0 Å². The molecule has 1 unspecified atom stereocenters. The van der Waals surface area contributed by atoms with Crippen LogP contribution in [0.25, 0.3) is 0 Å². The zero-order valence-electron chi connectivity index (χ0n) is 7.84. The smallest absolute Gasteiger partial charge is 0.0968 e. The largest absolute Gasteiger partial charge is 0.387 e. The van der Waals surface area contributed by atoms with E-state index in [0.717, 1.165) is 38.6 Å². The first kappa shape index (κ1) is 8.98. The minimum absolute atomic E-state index is 0.448. The lowest BCUT2D eigenvalue weighted by Gasteiger charge is -2.36. The zero-order chi connectivity index (χ0) is 9.36. The molecular formula is C10H16N2O. The Morgan fingerprint density at radius 2 is 1.92 bits per heavy atom. The lowest BCUT2D eigenvalue weighted by Crippen LogP contribution is -2.47. The van der Waals surface area contributed by atoms with Crippen molar-refractivity contribution in [2.45, 2.75) is 37.7 Å². The van der Waals surface area contributed by atoms with Crippen molar-refractivity contribution in [1.29, 1.82) is 5.26 Å². The fourth-order valence-corrected chi connectivity index (χ4v) is 2.75. The molecule has 2 rings (SSSR count). The Balaban J connectivity index is 2.25. The van der Waals surface area contributed by atoms with Gasteiger partial charge in [-0.25, -0.2) is 0 Å². The molecule has 0 aromatic carbocycles. The van der Waals surface area contributed by atoms with E-state index in [-0.39, 0.29) is 0 Å². The molecule has 1 aliphatic carbocycles. The Hall–Kier alpha value is -0.590. The van der Waals surface area contributed by atoms with Crippen molar-refractivity contribution < 1.29 is 5.11 Å². The molecule has 0 spiro atoms. The lowest BCUT2D eigenvalue weighted by atomic mass is 9.71. The van der Waals surface area contributed by atoms with Crippen LogP contribution in [0.3, 0.4) is 0 Å². The molecule has 0 bridgehead atoms. The molecule has 72 valence electrons. The van der Waals surface area contributed by atoms with E-state index < -0.39 is 11.0 Å². The number of rotatable bonds is 1. The molecule has 0 aromatic rings. The topological polar surface area (TPSA) is 56.0 Å². The second-order valence-electron chi connectivity index (χ2n) is 4.36. The Labute approximate surface area is 78.7 Å². The van der Waals surface area contributed by atoms with E-state index in [4.69, 9.17) is 0 Å². The van der Waals surface area contributed by atoms with Gasteiger partial charge in [0.15, 0.2) is 0 Å². The van der Waals surface area contributed by atoms with E-state index in [1.54, 1.807) is 0 Å².